The van der Waals surface area contributed by atoms with E-state index in [9.17, 15) is 4.79 Å². The van der Waals surface area contributed by atoms with Crippen LogP contribution in [0.4, 0.5) is 0 Å². The molecule has 0 heterocycles. The molecule has 198 valence electrons. The molecule has 0 amide bonds. The second-order valence-corrected chi connectivity index (χ2v) is 9.02. The highest BCUT2D eigenvalue weighted by atomic mass is 16.5. The summed E-state index contributed by atoms with van der Waals surface area (Å²) in [5.41, 5.74) is 5.05. The van der Waals surface area contributed by atoms with Gasteiger partial charge < -0.3 is 19.6 Å². The average Bonchev–Trinajstić information content (AvgIpc) is 2.95. The molecule has 0 radical (unpaired) electrons. The molecule has 0 aliphatic heterocycles. The third-order valence-electron chi connectivity index (χ3n) is 6.12. The fraction of sp³-hybridized carbons (Fsp3) is 0.273. The summed E-state index contributed by atoms with van der Waals surface area (Å²) in [7, 11) is 0. The van der Waals surface area contributed by atoms with E-state index in [2.05, 4.69) is 44.3 Å². The van der Waals surface area contributed by atoms with Crippen LogP contribution in [0.2, 0.25) is 0 Å². The number of rotatable bonds is 16. The lowest BCUT2D eigenvalue weighted by Gasteiger charge is -2.13. The van der Waals surface area contributed by atoms with Gasteiger partial charge in [-0.2, -0.15) is 0 Å². The number of hydrogen-bond acceptors (Lipinski definition) is 5. The van der Waals surface area contributed by atoms with Gasteiger partial charge in [0.2, 0.25) is 0 Å². The summed E-state index contributed by atoms with van der Waals surface area (Å²) in [4.78, 5) is 11.0. The highest BCUT2D eigenvalue weighted by Crippen LogP contribution is 2.29. The molecule has 3 aromatic carbocycles. The summed E-state index contributed by atoms with van der Waals surface area (Å²) < 4.78 is 16.8. The molecule has 1 N–H and O–H groups in total. The van der Waals surface area contributed by atoms with Crippen molar-refractivity contribution in [1.29, 1.82) is 5.41 Å². The van der Waals surface area contributed by atoms with Crippen LogP contribution in [0.15, 0.2) is 86.0 Å². The van der Waals surface area contributed by atoms with Crippen molar-refractivity contribution in [2.45, 2.75) is 45.4 Å². The lowest BCUT2D eigenvalue weighted by atomic mass is 9.98. The van der Waals surface area contributed by atoms with Crippen LogP contribution < -0.4 is 9.47 Å². The Bertz CT molecular complexity index is 1210. The number of carbonyl (C=O) groups excluding carboxylic acids is 1. The molecule has 3 aromatic rings. The molecule has 0 atom stereocenters. The van der Waals surface area contributed by atoms with Crippen molar-refractivity contribution in [3.05, 3.63) is 103 Å². The van der Waals surface area contributed by atoms with Crippen LogP contribution in [0, 0.1) is 5.41 Å². The minimum atomic E-state index is -0.373. The first kappa shape index (κ1) is 28.5. The molecule has 0 saturated heterocycles. The van der Waals surface area contributed by atoms with Crippen molar-refractivity contribution < 1.29 is 19.0 Å². The maximum absolute atomic E-state index is 11.0. The molecule has 0 aliphatic rings. The van der Waals surface area contributed by atoms with Gasteiger partial charge in [-0.3, -0.25) is 0 Å². The first-order chi connectivity index (χ1) is 18.5. The van der Waals surface area contributed by atoms with E-state index in [1.807, 2.05) is 42.5 Å². The van der Waals surface area contributed by atoms with Gasteiger partial charge in [0.05, 0.1) is 13.2 Å². The summed E-state index contributed by atoms with van der Waals surface area (Å²) in [6.45, 7) is 10.7. The largest absolute Gasteiger partial charge is 0.494 e. The van der Waals surface area contributed by atoms with E-state index in [-0.39, 0.29) is 5.97 Å². The van der Waals surface area contributed by atoms with Crippen LogP contribution in [-0.4, -0.2) is 25.4 Å². The molecule has 3 rings (SSSR count). The van der Waals surface area contributed by atoms with Gasteiger partial charge in [-0.15, -0.1) is 0 Å². The molecule has 5 nitrogen and oxygen atoms in total. The molecule has 0 fully saturated rings. The SMILES string of the molecule is C=CC(=O)OCCCCCCOc1ccc(C(=C)Oc2ccc(-c3ccc(CCC)cc3)c(C=N)c2)cc1. The van der Waals surface area contributed by atoms with Crippen LogP contribution in [0.25, 0.3) is 16.9 Å². The second kappa shape index (κ2) is 15.2. The molecule has 0 spiro atoms. The Balaban J connectivity index is 1.47. The van der Waals surface area contributed by atoms with Crippen LogP contribution in [0.3, 0.4) is 0 Å². The molecule has 0 unspecified atom stereocenters. The van der Waals surface area contributed by atoms with Crippen molar-refractivity contribution in [3.63, 3.8) is 0 Å². The normalized spacial score (nSPS) is 10.4. The maximum Gasteiger partial charge on any atom is 0.330 e. The van der Waals surface area contributed by atoms with Crippen molar-refractivity contribution in [2.75, 3.05) is 13.2 Å². The van der Waals surface area contributed by atoms with E-state index in [0.29, 0.717) is 24.7 Å². The number of carbonyl (C=O) groups is 1. The summed E-state index contributed by atoms with van der Waals surface area (Å²) in [6.07, 6.45) is 8.49. The van der Waals surface area contributed by atoms with E-state index in [1.165, 1.54) is 17.9 Å². The van der Waals surface area contributed by atoms with E-state index in [1.54, 1.807) is 0 Å². The molecule has 5 heteroatoms. The topological polar surface area (TPSA) is 68.6 Å². The first-order valence-corrected chi connectivity index (χ1v) is 13.2. The van der Waals surface area contributed by atoms with Crippen molar-refractivity contribution >= 4 is 17.9 Å². The van der Waals surface area contributed by atoms with Crippen molar-refractivity contribution in [1.82, 2.24) is 0 Å². The Morgan fingerprint density at radius 3 is 2.24 bits per heavy atom. The minimum Gasteiger partial charge on any atom is -0.494 e. The third-order valence-corrected chi connectivity index (χ3v) is 6.12. The zero-order chi connectivity index (χ0) is 27.2. The molecular weight excluding hydrogens is 474 g/mol. The predicted octanol–water partition coefficient (Wildman–Crippen LogP) is 8.02. The predicted molar refractivity (Wildman–Crippen MR) is 155 cm³/mol. The Labute approximate surface area is 226 Å². The Kier molecular flexibility index (Phi) is 11.4. The van der Waals surface area contributed by atoms with Gasteiger partial charge in [0.25, 0.3) is 0 Å². The van der Waals surface area contributed by atoms with Crippen LogP contribution in [0.1, 0.15) is 55.7 Å². The van der Waals surface area contributed by atoms with Crippen molar-refractivity contribution in [3.8, 4) is 22.6 Å². The van der Waals surface area contributed by atoms with E-state index < -0.39 is 0 Å². The molecule has 0 aliphatic carbocycles. The summed E-state index contributed by atoms with van der Waals surface area (Å²) in [5.74, 6) is 1.59. The Morgan fingerprint density at radius 1 is 0.895 bits per heavy atom. The highest BCUT2D eigenvalue weighted by Gasteiger charge is 2.09. The molecule has 0 aromatic heterocycles. The zero-order valence-electron chi connectivity index (χ0n) is 22.2. The number of esters is 1. The van der Waals surface area contributed by atoms with Gasteiger partial charge in [0.1, 0.15) is 17.3 Å². The number of hydrogen-bond donors (Lipinski definition) is 1. The number of aryl methyl sites for hydroxylation is 1. The smallest absolute Gasteiger partial charge is 0.330 e. The van der Waals surface area contributed by atoms with Crippen molar-refractivity contribution in [2.24, 2.45) is 0 Å². The number of benzene rings is 3. The quantitative estimate of drug-likeness (QED) is 0.0695. The van der Waals surface area contributed by atoms with Crippen LogP contribution in [0.5, 0.6) is 11.5 Å². The van der Waals surface area contributed by atoms with Gasteiger partial charge in [-0.25, -0.2) is 4.79 Å². The van der Waals surface area contributed by atoms with Gasteiger partial charge in [-0.05, 0) is 85.2 Å². The van der Waals surface area contributed by atoms with Gasteiger partial charge in [0, 0.05) is 23.4 Å². The third kappa shape index (κ3) is 8.77. The Hall–Kier alpha value is -4.12. The molecular formula is C33H37NO4. The lowest BCUT2D eigenvalue weighted by molar-refractivity contribution is -0.137. The van der Waals surface area contributed by atoms with E-state index in [0.717, 1.165) is 66.5 Å². The zero-order valence-corrected chi connectivity index (χ0v) is 22.2. The number of unbranched alkanes of at least 4 members (excludes halogenated alkanes) is 3. The van der Waals surface area contributed by atoms with E-state index >= 15 is 0 Å². The average molecular weight is 512 g/mol. The molecule has 0 bridgehead atoms. The molecule has 0 saturated carbocycles. The summed E-state index contributed by atoms with van der Waals surface area (Å²) in [5, 5.41) is 7.91. The second-order valence-electron chi connectivity index (χ2n) is 9.02. The lowest BCUT2D eigenvalue weighted by Crippen LogP contribution is -2.02. The monoisotopic (exact) mass is 511 g/mol. The van der Waals surface area contributed by atoms with Gasteiger partial charge in [0.15, 0.2) is 0 Å². The van der Waals surface area contributed by atoms with Crippen LogP contribution in [-0.2, 0) is 16.0 Å². The summed E-state index contributed by atoms with van der Waals surface area (Å²) in [6, 6.07) is 22.0. The van der Waals surface area contributed by atoms with Gasteiger partial charge >= 0.3 is 5.97 Å². The summed E-state index contributed by atoms with van der Waals surface area (Å²) >= 11 is 0. The fourth-order valence-corrected chi connectivity index (χ4v) is 4.04. The minimum absolute atomic E-state index is 0.373. The standard InChI is InChI=1S/C33H37NO4/c1-4-10-26-11-13-28(14-12-26)32-20-19-31(23-29(32)24-34)38-25(3)27-15-17-30(18-16-27)36-21-8-6-7-9-22-37-33(35)5-2/h5,11-20,23-24,34H,2-4,6-10,21-22H2,1H3. The van der Waals surface area contributed by atoms with E-state index in [4.69, 9.17) is 19.6 Å². The number of nitrogens with one attached hydrogen (secondary N) is 1. The maximum atomic E-state index is 11.0. The molecule has 38 heavy (non-hydrogen) atoms. The van der Waals surface area contributed by atoms with Gasteiger partial charge in [-0.1, -0.05) is 56.8 Å². The fourth-order valence-electron chi connectivity index (χ4n) is 4.04. The first-order valence-electron chi connectivity index (χ1n) is 13.2. The van der Waals surface area contributed by atoms with Crippen LogP contribution >= 0.6 is 0 Å². The highest BCUT2D eigenvalue weighted by molar-refractivity contribution is 5.89. The number of ether oxygens (including phenoxy) is 3. The Morgan fingerprint density at radius 2 is 1.58 bits per heavy atom.